The molecular formula is C33H31NO3. The zero-order valence-electron chi connectivity index (χ0n) is 21.7. The molecule has 4 atom stereocenters. The number of amides is 2. The highest BCUT2D eigenvalue weighted by molar-refractivity contribution is 6.34. The number of imide groups is 1. The lowest BCUT2D eigenvalue weighted by Gasteiger charge is -2.37. The minimum absolute atomic E-state index is 0.0246. The van der Waals surface area contributed by atoms with E-state index >= 15 is 0 Å². The Morgan fingerprint density at radius 2 is 1.32 bits per heavy atom. The third-order valence-electron chi connectivity index (χ3n) is 8.91. The van der Waals surface area contributed by atoms with E-state index in [0.717, 1.165) is 39.8 Å². The van der Waals surface area contributed by atoms with Crippen molar-refractivity contribution in [1.29, 1.82) is 0 Å². The second kappa shape index (κ2) is 8.11. The van der Waals surface area contributed by atoms with E-state index in [9.17, 15) is 14.4 Å². The maximum absolute atomic E-state index is 14.7. The van der Waals surface area contributed by atoms with E-state index in [-0.39, 0.29) is 17.6 Å². The molecule has 4 nitrogen and oxygen atoms in total. The van der Waals surface area contributed by atoms with Crippen LogP contribution < -0.4 is 4.90 Å². The Balaban J connectivity index is 1.66. The predicted molar refractivity (Wildman–Crippen MR) is 146 cm³/mol. The van der Waals surface area contributed by atoms with Crippen molar-refractivity contribution in [3.63, 3.8) is 0 Å². The average Bonchev–Trinajstić information content (AvgIpc) is 3.35. The number of rotatable bonds is 5. The molecule has 3 aromatic carbocycles. The zero-order valence-corrected chi connectivity index (χ0v) is 21.7. The first kappa shape index (κ1) is 23.6. The molecular weight excluding hydrogens is 458 g/mol. The van der Waals surface area contributed by atoms with Crippen LogP contribution in [-0.2, 0) is 14.4 Å². The molecule has 1 saturated carbocycles. The summed E-state index contributed by atoms with van der Waals surface area (Å²) >= 11 is 0. The maximum Gasteiger partial charge on any atom is 0.239 e. The van der Waals surface area contributed by atoms with Gasteiger partial charge in [-0.15, -0.1) is 0 Å². The molecule has 2 bridgehead atoms. The number of carbonyl (C=O) groups excluding carboxylic acids is 3. The summed E-state index contributed by atoms with van der Waals surface area (Å²) in [5, 5.41) is 0. The van der Waals surface area contributed by atoms with Gasteiger partial charge in [0, 0.05) is 0 Å². The Labute approximate surface area is 218 Å². The summed E-state index contributed by atoms with van der Waals surface area (Å²) in [5.41, 5.74) is 4.18. The third kappa shape index (κ3) is 2.87. The number of carbonyl (C=O) groups is 3. The van der Waals surface area contributed by atoms with Gasteiger partial charge < -0.3 is 0 Å². The van der Waals surface area contributed by atoms with Gasteiger partial charge in [0.2, 0.25) is 11.8 Å². The smallest absolute Gasteiger partial charge is 0.239 e. The molecule has 1 heterocycles. The first-order valence-corrected chi connectivity index (χ1v) is 13.1. The molecule has 0 unspecified atom stereocenters. The van der Waals surface area contributed by atoms with Gasteiger partial charge in [0.1, 0.15) is 0 Å². The molecule has 6 rings (SSSR count). The Bertz CT molecular complexity index is 1490. The Hall–Kier alpha value is -3.79. The van der Waals surface area contributed by atoms with Crippen LogP contribution in [0.5, 0.6) is 0 Å². The topological polar surface area (TPSA) is 54.5 Å². The van der Waals surface area contributed by atoms with Crippen molar-refractivity contribution in [3.8, 4) is 0 Å². The molecule has 0 radical (unpaired) electrons. The van der Waals surface area contributed by atoms with Crippen molar-refractivity contribution in [2.75, 3.05) is 4.90 Å². The fraction of sp³-hybridized carbons (Fsp3) is 0.303. The zero-order chi connectivity index (χ0) is 26.1. The highest BCUT2D eigenvalue weighted by Gasteiger charge is 2.80. The van der Waals surface area contributed by atoms with Crippen molar-refractivity contribution in [3.05, 3.63) is 101 Å². The van der Waals surface area contributed by atoms with Crippen molar-refractivity contribution in [2.45, 2.75) is 40.5 Å². The van der Waals surface area contributed by atoms with Crippen LogP contribution in [0.3, 0.4) is 0 Å². The lowest BCUT2D eigenvalue weighted by atomic mass is 9.61. The number of hydrogen-bond acceptors (Lipinski definition) is 3. The molecule has 1 aliphatic heterocycles. The van der Waals surface area contributed by atoms with E-state index in [1.807, 2.05) is 99.6 Å². The number of fused-ring (bicyclic) bond motifs is 5. The first-order valence-electron chi connectivity index (χ1n) is 13.1. The van der Waals surface area contributed by atoms with E-state index < -0.39 is 22.7 Å². The molecule has 186 valence electrons. The lowest BCUT2D eigenvalue weighted by Crippen LogP contribution is -2.41. The highest BCUT2D eigenvalue weighted by atomic mass is 16.2. The lowest BCUT2D eigenvalue weighted by molar-refractivity contribution is -0.134. The second-order valence-corrected chi connectivity index (χ2v) is 11.0. The number of benzene rings is 3. The fourth-order valence-corrected chi connectivity index (χ4v) is 7.65. The third-order valence-corrected chi connectivity index (χ3v) is 8.91. The number of Topliss-reactive ketones (excluding diaryl/α,β-unsaturated/α-hetero) is 1. The summed E-state index contributed by atoms with van der Waals surface area (Å²) in [7, 11) is 0. The van der Waals surface area contributed by atoms with Crippen LogP contribution in [0.2, 0.25) is 0 Å². The quantitative estimate of drug-likeness (QED) is 0.389. The average molecular weight is 490 g/mol. The fourth-order valence-electron chi connectivity index (χ4n) is 7.65. The number of anilines is 1. The van der Waals surface area contributed by atoms with E-state index in [1.54, 1.807) is 0 Å². The Kier molecular flexibility index (Phi) is 5.17. The summed E-state index contributed by atoms with van der Waals surface area (Å²) < 4.78 is 0. The Morgan fingerprint density at radius 1 is 0.757 bits per heavy atom. The minimum atomic E-state index is -1.09. The van der Waals surface area contributed by atoms with Crippen molar-refractivity contribution < 1.29 is 14.4 Å². The van der Waals surface area contributed by atoms with E-state index in [4.69, 9.17) is 0 Å². The summed E-state index contributed by atoms with van der Waals surface area (Å²) in [6.45, 7) is 7.90. The number of nitrogens with zero attached hydrogens (tertiary/aromatic N) is 1. The van der Waals surface area contributed by atoms with E-state index in [2.05, 4.69) is 6.92 Å². The van der Waals surface area contributed by atoms with Crippen molar-refractivity contribution in [2.24, 2.45) is 22.7 Å². The predicted octanol–water partition coefficient (Wildman–Crippen LogP) is 6.41. The number of hydrogen-bond donors (Lipinski definition) is 0. The number of ketones is 1. The molecule has 0 N–H and O–H groups in total. The van der Waals surface area contributed by atoms with Crippen LogP contribution in [0.25, 0.3) is 11.1 Å². The first-order chi connectivity index (χ1) is 17.8. The Morgan fingerprint density at radius 3 is 1.89 bits per heavy atom. The second-order valence-electron chi connectivity index (χ2n) is 11.0. The van der Waals surface area contributed by atoms with Gasteiger partial charge in [-0.2, -0.15) is 0 Å². The molecule has 3 aromatic rings. The van der Waals surface area contributed by atoms with Crippen LogP contribution in [-0.4, -0.2) is 17.6 Å². The van der Waals surface area contributed by atoms with Gasteiger partial charge in [-0.3, -0.25) is 14.4 Å². The number of allylic oxidation sites excluding steroid dienone is 2. The van der Waals surface area contributed by atoms with Crippen LogP contribution in [0.4, 0.5) is 5.69 Å². The molecule has 2 fully saturated rings. The highest BCUT2D eigenvalue weighted by Crippen LogP contribution is 2.75. The van der Waals surface area contributed by atoms with Gasteiger partial charge >= 0.3 is 0 Å². The van der Waals surface area contributed by atoms with E-state index in [0.29, 0.717) is 12.1 Å². The monoisotopic (exact) mass is 489 g/mol. The van der Waals surface area contributed by atoms with Crippen molar-refractivity contribution >= 4 is 34.4 Å². The van der Waals surface area contributed by atoms with Gasteiger partial charge in [-0.1, -0.05) is 91.7 Å². The van der Waals surface area contributed by atoms with Gasteiger partial charge in [0.15, 0.2) is 5.78 Å². The molecule has 0 spiro atoms. The standard InChI is InChI=1S/C33H31NO3/c1-5-18-33-26(23-14-10-7-11-15-23)25(22-12-8-6-9-13-22)32(4,31(33)37)27-28(33)30(36)34(29(27)35)24-17-16-20(2)19-21(24)3/h6-17,19,27-28H,5,18H2,1-4H3/t27-,28-,32-,33+/m0/s1. The molecule has 4 heteroatoms. The minimum Gasteiger partial charge on any atom is -0.298 e. The SMILES string of the molecule is CCC[C@@]12C(=O)[C@@](C)(C(c3ccccc3)=C1c1ccccc1)[C@@H]1C(=O)N(c3ccc(C)cc3C)C(=O)[C@H]12. The molecule has 0 aromatic heterocycles. The molecule has 1 saturated heterocycles. The molecule has 3 aliphatic rings. The summed E-state index contributed by atoms with van der Waals surface area (Å²) in [6, 6.07) is 25.7. The largest absolute Gasteiger partial charge is 0.298 e. The van der Waals surface area contributed by atoms with E-state index in [1.165, 1.54) is 4.90 Å². The van der Waals surface area contributed by atoms with Gasteiger partial charge in [-0.05, 0) is 61.1 Å². The normalized spacial score (nSPS) is 28.4. The van der Waals surface area contributed by atoms with Crippen LogP contribution in [0.1, 0.15) is 48.9 Å². The van der Waals surface area contributed by atoms with Crippen molar-refractivity contribution in [1.82, 2.24) is 0 Å². The summed E-state index contributed by atoms with van der Waals surface area (Å²) in [5.74, 6) is -1.90. The molecule has 2 amide bonds. The summed E-state index contributed by atoms with van der Waals surface area (Å²) in [4.78, 5) is 44.7. The summed E-state index contributed by atoms with van der Waals surface area (Å²) in [6.07, 6.45) is 1.26. The molecule has 37 heavy (non-hydrogen) atoms. The van der Waals surface area contributed by atoms with Crippen LogP contribution >= 0.6 is 0 Å². The van der Waals surface area contributed by atoms with Crippen LogP contribution in [0.15, 0.2) is 78.9 Å². The van der Waals surface area contributed by atoms with Gasteiger partial charge in [0.25, 0.3) is 0 Å². The van der Waals surface area contributed by atoms with Crippen LogP contribution in [0, 0.1) is 36.5 Å². The van der Waals surface area contributed by atoms with Gasteiger partial charge in [-0.25, -0.2) is 4.90 Å². The molecule has 2 aliphatic carbocycles. The maximum atomic E-state index is 14.7. The van der Waals surface area contributed by atoms with Gasteiger partial charge in [0.05, 0.1) is 28.4 Å². The number of aryl methyl sites for hydroxylation is 2.